The molecule has 1 aromatic heterocycles. The molecule has 0 N–H and O–H groups in total. The number of para-hydroxylation sites is 1. The van der Waals surface area contributed by atoms with Crippen LogP contribution in [0.25, 0.3) is 10.9 Å². The Morgan fingerprint density at radius 3 is 2.60 bits per heavy atom. The second-order valence-corrected chi connectivity index (χ2v) is 8.07. The number of hydrogen-bond donors (Lipinski definition) is 0. The Kier molecular flexibility index (Phi) is 6.18. The van der Waals surface area contributed by atoms with E-state index in [0.717, 1.165) is 36.6 Å². The third-order valence-corrected chi connectivity index (χ3v) is 6.26. The number of aromatic nitrogens is 1. The summed E-state index contributed by atoms with van der Waals surface area (Å²) in [7, 11) is 0. The number of ether oxygens (including phenoxy) is 1. The Balaban J connectivity index is 1.60. The van der Waals surface area contributed by atoms with Gasteiger partial charge >= 0.3 is 0 Å². The molecule has 30 heavy (non-hydrogen) atoms. The number of morpholine rings is 1. The number of rotatable bonds is 5. The molecule has 0 radical (unpaired) electrons. The Hall–Kier alpha value is -2.67. The molecule has 0 unspecified atom stereocenters. The molecule has 4 rings (SSSR count). The summed E-state index contributed by atoms with van der Waals surface area (Å²) in [6.45, 7) is 5.09. The molecule has 160 valence electrons. The van der Waals surface area contributed by atoms with Crippen LogP contribution in [-0.2, 0) is 20.9 Å². The van der Waals surface area contributed by atoms with E-state index < -0.39 is 11.7 Å². The lowest BCUT2D eigenvalue weighted by Gasteiger charge is -2.34. The maximum Gasteiger partial charge on any atom is 0.295 e. The normalized spacial score (nSPS) is 19.8. The highest BCUT2D eigenvalue weighted by atomic mass is 16.5. The van der Waals surface area contributed by atoms with Gasteiger partial charge in [0.25, 0.3) is 11.7 Å². The molecule has 2 aromatic rings. The quantitative estimate of drug-likeness (QED) is 0.560. The van der Waals surface area contributed by atoms with Crippen LogP contribution in [0.15, 0.2) is 30.5 Å². The Bertz CT molecular complexity index is 945. The molecule has 1 atom stereocenters. The Morgan fingerprint density at radius 1 is 1.07 bits per heavy atom. The molecule has 2 amide bonds. The Labute approximate surface area is 176 Å². The van der Waals surface area contributed by atoms with Crippen molar-refractivity contribution in [3.8, 4) is 0 Å². The lowest BCUT2D eigenvalue weighted by Crippen LogP contribution is -2.46. The van der Waals surface area contributed by atoms with E-state index in [2.05, 4.69) is 6.92 Å². The van der Waals surface area contributed by atoms with Gasteiger partial charge in [-0.25, -0.2) is 0 Å². The fourth-order valence-corrected chi connectivity index (χ4v) is 4.56. The molecule has 2 saturated heterocycles. The molecule has 0 spiro atoms. The number of amides is 2. The van der Waals surface area contributed by atoms with E-state index in [1.165, 1.54) is 0 Å². The summed E-state index contributed by atoms with van der Waals surface area (Å²) in [5.74, 6) is -0.917. The van der Waals surface area contributed by atoms with Crippen molar-refractivity contribution in [2.24, 2.45) is 0 Å². The fourth-order valence-electron chi connectivity index (χ4n) is 4.56. The van der Waals surface area contributed by atoms with Crippen LogP contribution < -0.4 is 0 Å². The number of hydrogen-bond acceptors (Lipinski definition) is 4. The number of piperidine rings is 1. The minimum atomic E-state index is -0.482. The first-order chi connectivity index (χ1) is 14.6. The average molecular weight is 412 g/mol. The third kappa shape index (κ3) is 3.99. The van der Waals surface area contributed by atoms with E-state index in [1.807, 2.05) is 24.3 Å². The van der Waals surface area contributed by atoms with Gasteiger partial charge in [-0.15, -0.1) is 0 Å². The van der Waals surface area contributed by atoms with Crippen molar-refractivity contribution in [2.45, 2.75) is 45.2 Å². The number of likely N-dealkylation sites (tertiary alicyclic amines) is 1. The zero-order valence-electron chi connectivity index (χ0n) is 17.5. The van der Waals surface area contributed by atoms with Gasteiger partial charge in [-0.05, 0) is 31.7 Å². The topological polar surface area (TPSA) is 71.9 Å². The van der Waals surface area contributed by atoms with E-state index >= 15 is 0 Å². The number of fused-ring (bicyclic) bond motifs is 1. The van der Waals surface area contributed by atoms with Crippen LogP contribution in [0.5, 0.6) is 0 Å². The molecule has 3 heterocycles. The van der Waals surface area contributed by atoms with Crippen LogP contribution in [0.3, 0.4) is 0 Å². The molecule has 0 bridgehead atoms. The summed E-state index contributed by atoms with van der Waals surface area (Å²) in [4.78, 5) is 42.5. The standard InChI is InChI=1S/C23H29N3O4/c1-2-17-7-5-6-10-26(17)23(29)22(28)19-15-25(20-9-4-3-8-18(19)20)16-21(27)24-11-13-30-14-12-24/h3-4,8-9,15,17H,2,5-7,10-14,16H2,1H3/t17-/m1/s1. The van der Waals surface area contributed by atoms with Crippen molar-refractivity contribution in [3.63, 3.8) is 0 Å². The highest BCUT2D eigenvalue weighted by Crippen LogP contribution is 2.25. The second kappa shape index (κ2) is 9.00. The fraction of sp³-hybridized carbons (Fsp3) is 0.522. The van der Waals surface area contributed by atoms with Crippen LogP contribution >= 0.6 is 0 Å². The molecular weight excluding hydrogens is 382 g/mol. The summed E-state index contributed by atoms with van der Waals surface area (Å²) < 4.78 is 7.11. The summed E-state index contributed by atoms with van der Waals surface area (Å²) in [6, 6.07) is 7.60. The van der Waals surface area contributed by atoms with Gasteiger partial charge < -0.3 is 19.1 Å². The van der Waals surface area contributed by atoms with E-state index in [9.17, 15) is 14.4 Å². The van der Waals surface area contributed by atoms with Gasteiger partial charge in [0.2, 0.25) is 5.91 Å². The first-order valence-electron chi connectivity index (χ1n) is 10.9. The van der Waals surface area contributed by atoms with E-state index in [4.69, 9.17) is 4.74 Å². The van der Waals surface area contributed by atoms with Gasteiger partial charge in [0.05, 0.1) is 18.8 Å². The molecule has 2 aliphatic rings. The predicted molar refractivity (Wildman–Crippen MR) is 113 cm³/mol. The summed E-state index contributed by atoms with van der Waals surface area (Å²) in [5.41, 5.74) is 1.17. The molecule has 1 aromatic carbocycles. The largest absolute Gasteiger partial charge is 0.378 e. The molecule has 7 nitrogen and oxygen atoms in total. The minimum absolute atomic E-state index is 0.00791. The maximum atomic E-state index is 13.2. The number of carbonyl (C=O) groups is 3. The van der Waals surface area contributed by atoms with E-state index in [-0.39, 0.29) is 18.5 Å². The molecule has 2 fully saturated rings. The molecular formula is C23H29N3O4. The van der Waals surface area contributed by atoms with Crippen molar-refractivity contribution >= 4 is 28.5 Å². The zero-order chi connectivity index (χ0) is 21.1. The minimum Gasteiger partial charge on any atom is -0.378 e. The SMILES string of the molecule is CC[C@@H]1CCCCN1C(=O)C(=O)c1cn(CC(=O)N2CCOCC2)c2ccccc12. The van der Waals surface area contributed by atoms with Gasteiger partial charge in [-0.1, -0.05) is 25.1 Å². The smallest absolute Gasteiger partial charge is 0.295 e. The molecule has 0 aliphatic carbocycles. The lowest BCUT2D eigenvalue weighted by molar-refractivity contribution is -0.135. The van der Waals surface area contributed by atoms with Gasteiger partial charge in [0, 0.05) is 42.8 Å². The summed E-state index contributed by atoms with van der Waals surface area (Å²) >= 11 is 0. The van der Waals surface area contributed by atoms with Crippen molar-refractivity contribution in [1.29, 1.82) is 0 Å². The van der Waals surface area contributed by atoms with Crippen molar-refractivity contribution in [3.05, 3.63) is 36.0 Å². The number of benzene rings is 1. The molecule has 7 heteroatoms. The van der Waals surface area contributed by atoms with Crippen LogP contribution in [0.4, 0.5) is 0 Å². The zero-order valence-corrected chi connectivity index (χ0v) is 17.5. The van der Waals surface area contributed by atoms with E-state index in [1.54, 1.807) is 20.6 Å². The van der Waals surface area contributed by atoms with Crippen LogP contribution in [0.1, 0.15) is 43.0 Å². The molecule has 2 aliphatic heterocycles. The average Bonchev–Trinajstić information content (AvgIpc) is 3.17. The number of Topliss-reactive ketones (excluding diaryl/α,β-unsaturated/α-hetero) is 1. The van der Waals surface area contributed by atoms with Crippen LogP contribution in [0, 0.1) is 0 Å². The first kappa shape index (κ1) is 20.6. The second-order valence-electron chi connectivity index (χ2n) is 8.07. The monoisotopic (exact) mass is 411 g/mol. The number of nitrogens with zero attached hydrogens (tertiary/aromatic N) is 3. The van der Waals surface area contributed by atoms with Crippen molar-refractivity contribution < 1.29 is 19.1 Å². The van der Waals surface area contributed by atoms with Crippen molar-refractivity contribution in [1.82, 2.24) is 14.4 Å². The highest BCUT2D eigenvalue weighted by Gasteiger charge is 2.32. The van der Waals surface area contributed by atoms with Crippen LogP contribution in [-0.4, -0.2) is 70.9 Å². The van der Waals surface area contributed by atoms with Gasteiger partial charge in [0.1, 0.15) is 6.54 Å². The highest BCUT2D eigenvalue weighted by molar-refractivity contribution is 6.45. The van der Waals surface area contributed by atoms with E-state index in [0.29, 0.717) is 38.4 Å². The maximum absolute atomic E-state index is 13.2. The number of ketones is 1. The predicted octanol–water partition coefficient (Wildman–Crippen LogP) is 2.47. The summed E-state index contributed by atoms with van der Waals surface area (Å²) in [5, 5.41) is 0.718. The first-order valence-corrected chi connectivity index (χ1v) is 10.9. The Morgan fingerprint density at radius 2 is 1.83 bits per heavy atom. The van der Waals surface area contributed by atoms with Gasteiger partial charge in [-0.3, -0.25) is 14.4 Å². The van der Waals surface area contributed by atoms with Crippen molar-refractivity contribution in [2.75, 3.05) is 32.8 Å². The number of carbonyl (C=O) groups excluding carboxylic acids is 3. The third-order valence-electron chi connectivity index (χ3n) is 6.26. The summed E-state index contributed by atoms with van der Waals surface area (Å²) in [6.07, 6.45) is 5.51. The van der Waals surface area contributed by atoms with Gasteiger partial charge in [-0.2, -0.15) is 0 Å². The van der Waals surface area contributed by atoms with Gasteiger partial charge in [0.15, 0.2) is 0 Å². The van der Waals surface area contributed by atoms with Crippen LogP contribution in [0.2, 0.25) is 0 Å². The lowest BCUT2D eigenvalue weighted by atomic mass is 9.98. The molecule has 0 saturated carbocycles.